The molecule has 4 fully saturated rings. The van der Waals surface area contributed by atoms with E-state index in [1.54, 1.807) is 6.20 Å². The maximum Gasteiger partial charge on any atom is 0.422 e. The van der Waals surface area contributed by atoms with Crippen LogP contribution in [0.25, 0.3) is 32.9 Å². The van der Waals surface area contributed by atoms with Gasteiger partial charge >= 0.3 is 6.18 Å². The molecule has 8 rings (SSSR count). The van der Waals surface area contributed by atoms with Crippen LogP contribution >= 0.6 is 0 Å². The van der Waals surface area contributed by atoms with Gasteiger partial charge in [-0.2, -0.15) is 23.3 Å². The van der Waals surface area contributed by atoms with E-state index in [2.05, 4.69) is 32.6 Å². The van der Waals surface area contributed by atoms with Crippen molar-refractivity contribution in [1.29, 1.82) is 0 Å². The Balaban J connectivity index is 1.30. The molecule has 3 aliphatic heterocycles. The first-order chi connectivity index (χ1) is 24.5. The second-order valence-electron chi connectivity index (χ2n) is 14.5. The van der Waals surface area contributed by atoms with Gasteiger partial charge in [-0.15, -0.1) is 0 Å². The normalized spacial score (nSPS) is 19.7. The summed E-state index contributed by atoms with van der Waals surface area (Å²) < 4.78 is 67.3. The van der Waals surface area contributed by atoms with E-state index in [0.717, 1.165) is 66.1 Å². The number of anilines is 2. The van der Waals surface area contributed by atoms with Crippen molar-refractivity contribution in [2.45, 2.75) is 57.5 Å². The average molecular weight is 708 g/mol. The standard InChI is InChI=1S/C37H41F4N7O3/c1-22-5-8-28-27(18-42-45-28)29(22)30-25(24-6-7-24)17-26-31(32(30)51-21-37(39,40)41)43-35(47-11-3-15-50-16-4-12-47)44-33(26)46-13-9-36(10-14-46)19-48(20-36)34(49)23(2)38/h5,8,17-18,24H,2-4,6-7,9-16,19-21H2,1H3,(H,42,45). The molecule has 2 aromatic heterocycles. The van der Waals surface area contributed by atoms with E-state index in [0.29, 0.717) is 80.7 Å². The number of aryl methyl sites for hydroxylation is 1. The van der Waals surface area contributed by atoms with Crippen molar-refractivity contribution in [2.24, 2.45) is 5.41 Å². The van der Waals surface area contributed by atoms with Crippen molar-refractivity contribution >= 4 is 39.5 Å². The molecule has 0 bridgehead atoms. The summed E-state index contributed by atoms with van der Waals surface area (Å²) >= 11 is 0. The number of hydrogen-bond acceptors (Lipinski definition) is 8. The number of benzene rings is 2. The Kier molecular flexibility index (Phi) is 8.55. The predicted molar refractivity (Wildman–Crippen MR) is 186 cm³/mol. The smallest absolute Gasteiger partial charge is 0.422 e. The molecule has 1 aliphatic carbocycles. The Morgan fingerprint density at radius 2 is 1.76 bits per heavy atom. The summed E-state index contributed by atoms with van der Waals surface area (Å²) in [5.41, 5.74) is 4.23. The molecule has 5 heterocycles. The number of nitrogens with zero attached hydrogens (tertiary/aromatic N) is 6. The fourth-order valence-electron chi connectivity index (χ4n) is 8.06. The van der Waals surface area contributed by atoms with Crippen molar-refractivity contribution in [3.05, 3.63) is 47.9 Å². The van der Waals surface area contributed by atoms with Crippen LogP contribution in [0.2, 0.25) is 0 Å². The number of carbonyl (C=O) groups excluding carboxylic acids is 1. The molecule has 4 aliphatic rings. The highest BCUT2D eigenvalue weighted by Gasteiger charge is 2.47. The number of carbonyl (C=O) groups is 1. The van der Waals surface area contributed by atoms with Gasteiger partial charge in [0.05, 0.1) is 11.7 Å². The first kappa shape index (κ1) is 33.7. The van der Waals surface area contributed by atoms with E-state index >= 15 is 0 Å². The molecule has 4 aromatic rings. The summed E-state index contributed by atoms with van der Waals surface area (Å²) in [4.78, 5) is 28.2. The third kappa shape index (κ3) is 6.47. The van der Waals surface area contributed by atoms with Crippen molar-refractivity contribution in [3.8, 4) is 16.9 Å². The van der Waals surface area contributed by atoms with E-state index in [1.807, 2.05) is 19.1 Å². The molecule has 2 aromatic carbocycles. The number of rotatable bonds is 7. The summed E-state index contributed by atoms with van der Waals surface area (Å²) in [6, 6.07) is 5.96. The van der Waals surface area contributed by atoms with Gasteiger partial charge in [0.25, 0.3) is 5.91 Å². The molecule has 1 amide bonds. The van der Waals surface area contributed by atoms with Gasteiger partial charge in [0, 0.05) is 74.2 Å². The van der Waals surface area contributed by atoms with Crippen LogP contribution in [-0.2, 0) is 9.53 Å². The fourth-order valence-corrected chi connectivity index (χ4v) is 8.06. The van der Waals surface area contributed by atoms with E-state index in [4.69, 9.17) is 19.4 Å². The number of H-pyrrole nitrogens is 1. The number of piperidine rings is 1. The zero-order chi connectivity index (χ0) is 35.5. The molecule has 3 saturated heterocycles. The number of ether oxygens (including phenoxy) is 2. The SMILES string of the molecule is C=C(F)C(=O)N1CC2(CCN(c3nc(N4CCCOCCC4)nc4c(OCC(F)(F)F)c(-c5c(C)ccc6[nH]ncc56)c(C5CC5)cc34)CC2)C1. The second-order valence-corrected chi connectivity index (χ2v) is 14.5. The van der Waals surface area contributed by atoms with Crippen LogP contribution in [0.4, 0.5) is 29.3 Å². The molecule has 51 heavy (non-hydrogen) atoms. The first-order valence-electron chi connectivity index (χ1n) is 17.7. The summed E-state index contributed by atoms with van der Waals surface area (Å²) in [5.74, 6) is -0.250. The lowest BCUT2D eigenvalue weighted by Crippen LogP contribution is -2.62. The number of alkyl halides is 3. The van der Waals surface area contributed by atoms with Crippen molar-refractivity contribution in [1.82, 2.24) is 25.1 Å². The quantitative estimate of drug-likeness (QED) is 0.165. The third-order valence-corrected chi connectivity index (χ3v) is 10.8. The van der Waals surface area contributed by atoms with Gasteiger partial charge in [0.2, 0.25) is 5.95 Å². The maximum atomic E-state index is 14.0. The monoisotopic (exact) mass is 707 g/mol. The van der Waals surface area contributed by atoms with Gasteiger partial charge in [-0.25, -0.2) is 9.37 Å². The van der Waals surface area contributed by atoms with Crippen molar-refractivity contribution < 1.29 is 31.8 Å². The van der Waals surface area contributed by atoms with Crippen LogP contribution < -0.4 is 14.5 Å². The minimum atomic E-state index is -4.58. The van der Waals surface area contributed by atoms with E-state index in [1.165, 1.54) is 4.90 Å². The molecule has 1 saturated carbocycles. The average Bonchev–Trinajstić information content (AvgIpc) is 3.81. The Morgan fingerprint density at radius 1 is 1.04 bits per heavy atom. The van der Waals surface area contributed by atoms with Gasteiger partial charge in [-0.3, -0.25) is 9.89 Å². The number of fused-ring (bicyclic) bond motifs is 2. The Hall–Kier alpha value is -4.46. The van der Waals surface area contributed by atoms with Gasteiger partial charge < -0.3 is 24.2 Å². The number of hydrogen-bond donors (Lipinski definition) is 1. The van der Waals surface area contributed by atoms with Crippen molar-refractivity contribution in [3.63, 3.8) is 0 Å². The molecular weight excluding hydrogens is 666 g/mol. The van der Waals surface area contributed by atoms with E-state index < -0.39 is 24.5 Å². The number of halogens is 4. The predicted octanol–water partition coefficient (Wildman–Crippen LogP) is 6.83. The highest BCUT2D eigenvalue weighted by molar-refractivity contribution is 6.06. The highest BCUT2D eigenvalue weighted by Crippen LogP contribution is 2.53. The molecule has 0 radical (unpaired) electrons. The number of aromatic nitrogens is 4. The molecule has 1 spiro atoms. The van der Waals surface area contributed by atoms with Crippen LogP contribution in [0, 0.1) is 12.3 Å². The van der Waals surface area contributed by atoms with Gasteiger partial charge in [-0.05, 0) is 80.2 Å². The van der Waals surface area contributed by atoms with Crippen LogP contribution in [0.5, 0.6) is 5.75 Å². The zero-order valence-electron chi connectivity index (χ0n) is 28.6. The second kappa shape index (κ2) is 12.9. The summed E-state index contributed by atoms with van der Waals surface area (Å²) in [5, 5.41) is 8.74. The Morgan fingerprint density at radius 3 is 2.43 bits per heavy atom. The molecule has 270 valence electrons. The summed E-state index contributed by atoms with van der Waals surface area (Å²) in [7, 11) is 0. The largest absolute Gasteiger partial charge is 0.481 e. The third-order valence-electron chi connectivity index (χ3n) is 10.8. The minimum absolute atomic E-state index is 0.108. The lowest BCUT2D eigenvalue weighted by atomic mass is 9.72. The molecule has 10 nitrogen and oxygen atoms in total. The molecule has 1 N–H and O–H groups in total. The van der Waals surface area contributed by atoms with E-state index in [9.17, 15) is 22.4 Å². The van der Waals surface area contributed by atoms with Crippen LogP contribution in [0.15, 0.2) is 36.8 Å². The number of likely N-dealkylation sites (tertiary alicyclic amines) is 1. The van der Waals surface area contributed by atoms with E-state index in [-0.39, 0.29) is 17.1 Å². The molecule has 14 heteroatoms. The first-order valence-corrected chi connectivity index (χ1v) is 17.7. The lowest BCUT2D eigenvalue weighted by Gasteiger charge is -2.54. The number of nitrogens with one attached hydrogen (secondary N) is 1. The zero-order valence-corrected chi connectivity index (χ0v) is 28.6. The fraction of sp³-hybridized carbons (Fsp3) is 0.514. The van der Waals surface area contributed by atoms with Gasteiger partial charge in [0.1, 0.15) is 11.3 Å². The number of aromatic amines is 1. The molecular formula is C37H41F4N7O3. The Labute approximate surface area is 292 Å². The number of amides is 1. The van der Waals surface area contributed by atoms with Crippen molar-refractivity contribution in [2.75, 3.05) is 68.9 Å². The molecule has 0 atom stereocenters. The van der Waals surface area contributed by atoms with Crippen LogP contribution in [0.3, 0.4) is 0 Å². The summed E-state index contributed by atoms with van der Waals surface area (Å²) in [6.07, 6.45) is 1.98. The highest BCUT2D eigenvalue weighted by atomic mass is 19.4. The topological polar surface area (TPSA) is 99.7 Å². The summed E-state index contributed by atoms with van der Waals surface area (Å²) in [6.45, 7) is 8.30. The maximum absolute atomic E-state index is 14.0. The van der Waals surface area contributed by atoms with Gasteiger partial charge in [0.15, 0.2) is 18.2 Å². The van der Waals surface area contributed by atoms with Crippen LogP contribution in [0.1, 0.15) is 55.6 Å². The van der Waals surface area contributed by atoms with Crippen LogP contribution in [-0.4, -0.2) is 96.2 Å². The molecule has 0 unspecified atom stereocenters. The Bertz CT molecular complexity index is 1990. The minimum Gasteiger partial charge on any atom is -0.481 e. The lowest BCUT2D eigenvalue weighted by molar-refractivity contribution is -0.153. The van der Waals surface area contributed by atoms with Gasteiger partial charge in [-0.1, -0.05) is 12.6 Å².